The van der Waals surface area contributed by atoms with Gasteiger partial charge in [-0.25, -0.2) is 0 Å². The van der Waals surface area contributed by atoms with Crippen LogP contribution in [0.5, 0.6) is 0 Å². The van der Waals surface area contributed by atoms with Gasteiger partial charge < -0.3 is 15.3 Å². The van der Waals surface area contributed by atoms with Crippen LogP contribution in [0, 0.1) is 0 Å². The fraction of sp³-hybridized carbons (Fsp3) is 0.143. The van der Waals surface area contributed by atoms with E-state index in [4.69, 9.17) is 15.3 Å². The molecule has 86 valence electrons. The Bertz CT molecular complexity index is 672. The molecule has 0 spiro atoms. The first-order valence-corrected chi connectivity index (χ1v) is 5.57. The van der Waals surface area contributed by atoms with Gasteiger partial charge in [0.2, 0.25) is 0 Å². The quantitative estimate of drug-likeness (QED) is 0.707. The van der Waals surface area contributed by atoms with Crippen molar-refractivity contribution in [2.24, 2.45) is 5.73 Å². The minimum absolute atomic E-state index is 0.0543. The first-order valence-electron chi connectivity index (χ1n) is 5.57. The standard InChI is InChI=1S/C14H13NO2/c15-12(8-16)9-5-6-14-11(7-9)10-3-1-2-4-13(10)17-14/h1-7,12,16H,8,15H2/t12-/m1/s1. The van der Waals surface area contributed by atoms with Crippen molar-refractivity contribution in [3.63, 3.8) is 0 Å². The van der Waals surface area contributed by atoms with E-state index >= 15 is 0 Å². The average molecular weight is 227 g/mol. The van der Waals surface area contributed by atoms with Crippen LogP contribution in [-0.4, -0.2) is 11.7 Å². The van der Waals surface area contributed by atoms with Crippen LogP contribution in [0.25, 0.3) is 21.9 Å². The average Bonchev–Trinajstić information content (AvgIpc) is 2.75. The number of aliphatic hydroxyl groups excluding tert-OH is 1. The van der Waals surface area contributed by atoms with Crippen LogP contribution in [0.15, 0.2) is 46.9 Å². The monoisotopic (exact) mass is 227 g/mol. The van der Waals surface area contributed by atoms with E-state index in [0.717, 1.165) is 27.5 Å². The first-order chi connectivity index (χ1) is 8.29. The molecule has 0 unspecified atom stereocenters. The largest absolute Gasteiger partial charge is 0.456 e. The molecule has 1 heterocycles. The molecular weight excluding hydrogens is 214 g/mol. The van der Waals surface area contributed by atoms with Crippen LogP contribution < -0.4 is 5.73 Å². The van der Waals surface area contributed by atoms with Gasteiger partial charge in [-0.2, -0.15) is 0 Å². The number of aliphatic hydroxyl groups is 1. The summed E-state index contributed by atoms with van der Waals surface area (Å²) in [6, 6.07) is 13.3. The van der Waals surface area contributed by atoms with Crippen LogP contribution in [0.2, 0.25) is 0 Å². The number of nitrogens with two attached hydrogens (primary N) is 1. The summed E-state index contributed by atoms with van der Waals surface area (Å²) in [4.78, 5) is 0. The van der Waals surface area contributed by atoms with E-state index < -0.39 is 0 Å². The summed E-state index contributed by atoms with van der Waals surface area (Å²) in [5.41, 5.74) is 8.46. The Balaban J connectivity index is 2.30. The summed E-state index contributed by atoms with van der Waals surface area (Å²) in [6.45, 7) is -0.0543. The van der Waals surface area contributed by atoms with Crippen molar-refractivity contribution in [1.82, 2.24) is 0 Å². The van der Waals surface area contributed by atoms with E-state index in [-0.39, 0.29) is 12.6 Å². The van der Waals surface area contributed by atoms with Crippen molar-refractivity contribution in [1.29, 1.82) is 0 Å². The highest BCUT2D eigenvalue weighted by molar-refractivity contribution is 6.04. The number of benzene rings is 2. The van der Waals surface area contributed by atoms with Crippen LogP contribution >= 0.6 is 0 Å². The van der Waals surface area contributed by atoms with E-state index in [2.05, 4.69) is 0 Å². The molecule has 0 saturated carbocycles. The van der Waals surface area contributed by atoms with Gasteiger partial charge in [-0.15, -0.1) is 0 Å². The van der Waals surface area contributed by atoms with Crippen LogP contribution in [0.1, 0.15) is 11.6 Å². The predicted octanol–water partition coefficient (Wildman–Crippen LogP) is 2.58. The number of hydrogen-bond donors (Lipinski definition) is 2. The zero-order valence-corrected chi connectivity index (χ0v) is 9.26. The van der Waals surface area contributed by atoms with Gasteiger partial charge in [0.1, 0.15) is 11.2 Å². The Morgan fingerprint density at radius 2 is 1.82 bits per heavy atom. The number of para-hydroxylation sites is 1. The van der Waals surface area contributed by atoms with Gasteiger partial charge in [0.05, 0.1) is 12.6 Å². The maximum Gasteiger partial charge on any atom is 0.135 e. The molecule has 17 heavy (non-hydrogen) atoms. The Hall–Kier alpha value is -1.84. The summed E-state index contributed by atoms with van der Waals surface area (Å²) in [7, 11) is 0. The minimum atomic E-state index is -0.340. The number of fused-ring (bicyclic) bond motifs is 3. The van der Waals surface area contributed by atoms with E-state index in [9.17, 15) is 0 Å². The van der Waals surface area contributed by atoms with E-state index in [1.165, 1.54) is 0 Å². The highest BCUT2D eigenvalue weighted by Crippen LogP contribution is 2.30. The molecule has 3 heteroatoms. The van der Waals surface area contributed by atoms with Gasteiger partial charge in [-0.3, -0.25) is 0 Å². The van der Waals surface area contributed by atoms with Gasteiger partial charge in [0, 0.05) is 10.8 Å². The molecule has 0 aliphatic heterocycles. The lowest BCUT2D eigenvalue weighted by molar-refractivity contribution is 0.268. The van der Waals surface area contributed by atoms with Gasteiger partial charge in [0.15, 0.2) is 0 Å². The van der Waals surface area contributed by atoms with Crippen molar-refractivity contribution < 1.29 is 9.52 Å². The third-order valence-electron chi connectivity index (χ3n) is 3.03. The summed E-state index contributed by atoms with van der Waals surface area (Å²) >= 11 is 0. The van der Waals surface area contributed by atoms with E-state index in [1.54, 1.807) is 0 Å². The summed E-state index contributed by atoms with van der Waals surface area (Å²) in [5.74, 6) is 0. The Kier molecular flexibility index (Phi) is 2.35. The maximum absolute atomic E-state index is 9.08. The summed E-state index contributed by atoms with van der Waals surface area (Å²) in [5, 5.41) is 11.2. The topological polar surface area (TPSA) is 59.4 Å². The fourth-order valence-electron chi connectivity index (χ4n) is 2.08. The molecule has 3 rings (SSSR count). The molecule has 0 aliphatic carbocycles. The Labute approximate surface area is 98.5 Å². The SMILES string of the molecule is N[C@H](CO)c1ccc2oc3ccccc3c2c1. The molecule has 0 fully saturated rings. The summed E-state index contributed by atoms with van der Waals surface area (Å²) < 4.78 is 5.72. The second kappa shape index (κ2) is 3.87. The Morgan fingerprint density at radius 3 is 2.65 bits per heavy atom. The zero-order valence-electron chi connectivity index (χ0n) is 9.26. The molecule has 3 aromatic rings. The molecule has 2 aromatic carbocycles. The molecular formula is C14H13NO2. The Morgan fingerprint density at radius 1 is 1.06 bits per heavy atom. The smallest absolute Gasteiger partial charge is 0.135 e. The molecule has 0 radical (unpaired) electrons. The molecule has 3 N–H and O–H groups in total. The molecule has 3 nitrogen and oxygen atoms in total. The molecule has 0 amide bonds. The van der Waals surface area contributed by atoms with Crippen molar-refractivity contribution in [2.45, 2.75) is 6.04 Å². The van der Waals surface area contributed by atoms with Crippen molar-refractivity contribution >= 4 is 21.9 Å². The molecule has 0 bridgehead atoms. The minimum Gasteiger partial charge on any atom is -0.456 e. The lowest BCUT2D eigenvalue weighted by Crippen LogP contribution is -2.14. The van der Waals surface area contributed by atoms with E-state index in [0.29, 0.717) is 0 Å². The van der Waals surface area contributed by atoms with Crippen LogP contribution in [-0.2, 0) is 0 Å². The second-order valence-electron chi connectivity index (χ2n) is 4.14. The van der Waals surface area contributed by atoms with Crippen molar-refractivity contribution in [2.75, 3.05) is 6.61 Å². The first kappa shape index (κ1) is 10.3. The van der Waals surface area contributed by atoms with Gasteiger partial charge in [-0.1, -0.05) is 24.3 Å². The molecule has 0 saturated heterocycles. The van der Waals surface area contributed by atoms with Gasteiger partial charge in [0.25, 0.3) is 0 Å². The fourth-order valence-corrected chi connectivity index (χ4v) is 2.08. The normalized spacial score (nSPS) is 13.3. The predicted molar refractivity (Wildman–Crippen MR) is 67.7 cm³/mol. The third-order valence-corrected chi connectivity index (χ3v) is 3.03. The van der Waals surface area contributed by atoms with Gasteiger partial charge >= 0.3 is 0 Å². The zero-order chi connectivity index (χ0) is 11.8. The maximum atomic E-state index is 9.08. The highest BCUT2D eigenvalue weighted by Gasteiger charge is 2.09. The van der Waals surface area contributed by atoms with Crippen LogP contribution in [0.3, 0.4) is 0 Å². The second-order valence-corrected chi connectivity index (χ2v) is 4.14. The lowest BCUT2D eigenvalue weighted by Gasteiger charge is -2.07. The van der Waals surface area contributed by atoms with Gasteiger partial charge in [-0.05, 0) is 23.8 Å². The molecule has 1 aromatic heterocycles. The third kappa shape index (κ3) is 1.60. The van der Waals surface area contributed by atoms with E-state index in [1.807, 2.05) is 42.5 Å². The summed E-state index contributed by atoms with van der Waals surface area (Å²) in [6.07, 6.45) is 0. The van der Waals surface area contributed by atoms with Crippen molar-refractivity contribution in [3.05, 3.63) is 48.0 Å². The highest BCUT2D eigenvalue weighted by atomic mass is 16.3. The molecule has 0 aliphatic rings. The van der Waals surface area contributed by atoms with Crippen molar-refractivity contribution in [3.8, 4) is 0 Å². The number of rotatable bonds is 2. The molecule has 1 atom stereocenters. The number of furan rings is 1. The number of hydrogen-bond acceptors (Lipinski definition) is 3. The van der Waals surface area contributed by atoms with Crippen LogP contribution in [0.4, 0.5) is 0 Å². The lowest BCUT2D eigenvalue weighted by atomic mass is 10.0.